The van der Waals surface area contributed by atoms with Crippen LogP contribution in [-0.2, 0) is 30.4 Å². The van der Waals surface area contributed by atoms with E-state index in [0.29, 0.717) is 37.8 Å². The molecule has 66 heavy (non-hydrogen) atoms. The van der Waals surface area contributed by atoms with Gasteiger partial charge in [-0.25, -0.2) is 19.6 Å². The summed E-state index contributed by atoms with van der Waals surface area (Å²) in [7, 11) is 4.25. The number of nitrogens with one attached hydrogen (secondary N) is 4. The van der Waals surface area contributed by atoms with Crippen LogP contribution in [0.15, 0.2) is 73.0 Å². The van der Waals surface area contributed by atoms with Crippen molar-refractivity contribution in [2.75, 3.05) is 34.5 Å². The molecule has 5 unspecified atom stereocenters. The number of nitrogens with zero attached hydrogens (tertiary/aromatic N) is 4. The van der Waals surface area contributed by atoms with Gasteiger partial charge in [0.1, 0.15) is 36.1 Å². The molecular formula is C50H58N8O8. The number of alkyl carbamates (subject to hydrolysis) is 2. The maximum Gasteiger partial charge on any atom is 0.407 e. The van der Waals surface area contributed by atoms with Gasteiger partial charge in [0.05, 0.1) is 55.8 Å². The van der Waals surface area contributed by atoms with E-state index in [0.717, 1.165) is 68.3 Å². The van der Waals surface area contributed by atoms with Crippen LogP contribution in [-0.4, -0.2) is 106 Å². The van der Waals surface area contributed by atoms with Crippen LogP contribution >= 0.6 is 0 Å². The number of ether oxygens (including phenoxy) is 4. The minimum Gasteiger partial charge on any atom is -0.488 e. The smallest absolute Gasteiger partial charge is 0.407 e. The Morgan fingerprint density at radius 2 is 1.67 bits per heavy atom. The third kappa shape index (κ3) is 8.26. The van der Waals surface area contributed by atoms with E-state index in [-0.39, 0.29) is 53.6 Å². The Morgan fingerprint density at radius 1 is 0.879 bits per heavy atom. The largest absolute Gasteiger partial charge is 0.488 e. The van der Waals surface area contributed by atoms with Gasteiger partial charge < -0.3 is 49.3 Å². The first-order valence-electron chi connectivity index (χ1n) is 22.8. The molecule has 3 aromatic carbocycles. The molecule has 5 aromatic rings. The lowest BCUT2D eigenvalue weighted by molar-refractivity contribution is -0.137. The molecule has 16 heteroatoms. The summed E-state index contributed by atoms with van der Waals surface area (Å²) in [6, 6.07) is 12.4. The molecule has 5 heterocycles. The molecule has 1 aliphatic carbocycles. The molecule has 16 nitrogen and oxygen atoms in total. The molecule has 346 valence electrons. The number of amides is 4. The number of H-pyrrole nitrogens is 2. The summed E-state index contributed by atoms with van der Waals surface area (Å²) in [5, 5.41) is 7.52. The number of aromatic nitrogens is 4. The maximum absolute atomic E-state index is 14.5. The molecule has 8 atom stereocenters. The zero-order chi connectivity index (χ0) is 46.4. The number of methoxy groups -OCH3 is 3. The van der Waals surface area contributed by atoms with Crippen LogP contribution in [0.3, 0.4) is 0 Å². The predicted octanol–water partition coefficient (Wildman–Crippen LogP) is 7.74. The van der Waals surface area contributed by atoms with E-state index >= 15 is 0 Å². The highest BCUT2D eigenvalue weighted by molar-refractivity contribution is 6.07. The van der Waals surface area contributed by atoms with E-state index in [1.165, 1.54) is 14.2 Å². The van der Waals surface area contributed by atoms with Gasteiger partial charge in [0.15, 0.2) is 0 Å². The van der Waals surface area contributed by atoms with Gasteiger partial charge >= 0.3 is 12.2 Å². The van der Waals surface area contributed by atoms with Crippen molar-refractivity contribution in [3.8, 4) is 28.1 Å². The zero-order valence-corrected chi connectivity index (χ0v) is 38.4. The number of rotatable bonds is 11. The van der Waals surface area contributed by atoms with Gasteiger partial charge in [-0.05, 0) is 84.4 Å². The quantitative estimate of drug-likeness (QED) is 0.102. The third-order valence-corrected chi connectivity index (χ3v) is 13.9. The van der Waals surface area contributed by atoms with Crippen LogP contribution < -0.4 is 15.4 Å². The van der Waals surface area contributed by atoms with E-state index in [9.17, 15) is 19.2 Å². The van der Waals surface area contributed by atoms with Crippen molar-refractivity contribution in [1.82, 2.24) is 40.4 Å². The van der Waals surface area contributed by atoms with E-state index in [4.69, 9.17) is 28.9 Å². The first-order valence-corrected chi connectivity index (χ1v) is 22.8. The normalized spacial score (nSPS) is 23.1. The molecule has 0 radical (unpaired) electrons. The third-order valence-electron chi connectivity index (χ3n) is 13.9. The summed E-state index contributed by atoms with van der Waals surface area (Å²) in [5.74, 6) is 1.48. The standard InChI is InChI=1S/C50H58N8O8/c1-26(2)42(55-49(61)64-6)48(60)58-28(4)12-17-39(58)46-52-37-16-14-30-20-36-34-15-13-31(19-32(34)25-66-41(36)21-35(30)43(37)54-46)38-22-51-45(53-38)40-18-29(24-63-5)23-57(40)47(59)44(56-50(62)65-7)33-11-9-8-10-27(33)3/h8-11,13-16,19-22,26-29,33,39-40,42,44H,12,17-18,23-25H2,1-7H3,(H,51,53)(H,52,54)(H,55,61)(H,56,62)/t27?,28-,29?,33?,39-,40?,42-,44?/m0/s1. The molecule has 3 aliphatic heterocycles. The van der Waals surface area contributed by atoms with Crippen molar-refractivity contribution in [2.45, 2.75) is 83.8 Å². The number of allylic oxidation sites excluding steroid dienone is 3. The average Bonchev–Trinajstić information content (AvgIpc) is 4.15. The van der Waals surface area contributed by atoms with E-state index in [2.05, 4.69) is 57.0 Å². The Hall–Kier alpha value is -6.68. The lowest BCUT2D eigenvalue weighted by atomic mass is 9.83. The Morgan fingerprint density at radius 3 is 2.42 bits per heavy atom. The Bertz CT molecular complexity index is 2740. The molecule has 2 fully saturated rings. The topological polar surface area (TPSA) is 193 Å². The highest BCUT2D eigenvalue weighted by Gasteiger charge is 2.44. The van der Waals surface area contributed by atoms with E-state index < -0.39 is 24.3 Å². The van der Waals surface area contributed by atoms with Crippen LogP contribution in [0, 0.1) is 23.7 Å². The Balaban J connectivity index is 0.971. The average molecular weight is 899 g/mol. The predicted molar refractivity (Wildman–Crippen MR) is 248 cm³/mol. The summed E-state index contributed by atoms with van der Waals surface area (Å²) in [6.07, 6.45) is 10.6. The van der Waals surface area contributed by atoms with Gasteiger partial charge in [0, 0.05) is 42.5 Å². The first-order chi connectivity index (χ1) is 31.9. The van der Waals surface area contributed by atoms with Crippen molar-refractivity contribution < 1.29 is 38.1 Å². The number of fused-ring (bicyclic) bond motifs is 6. The minimum atomic E-state index is -0.832. The fourth-order valence-corrected chi connectivity index (χ4v) is 10.4. The number of aromatic amines is 2. The number of imidazole rings is 2. The molecule has 9 rings (SSSR count). The van der Waals surface area contributed by atoms with Crippen LogP contribution in [0.1, 0.15) is 76.3 Å². The number of hydrogen-bond donors (Lipinski definition) is 4. The number of carbonyl (C=O) groups is 4. The fraction of sp³-hybridized carbons (Fsp3) is 0.440. The minimum absolute atomic E-state index is 0.0203. The van der Waals surface area contributed by atoms with E-state index in [1.807, 2.05) is 74.1 Å². The molecular weight excluding hydrogens is 841 g/mol. The first kappa shape index (κ1) is 44.5. The van der Waals surface area contributed by atoms with Crippen LogP contribution in [0.25, 0.3) is 44.2 Å². The van der Waals surface area contributed by atoms with Gasteiger partial charge in [-0.2, -0.15) is 0 Å². The van der Waals surface area contributed by atoms with Crippen LogP contribution in [0.2, 0.25) is 0 Å². The van der Waals surface area contributed by atoms with Crippen molar-refractivity contribution >= 4 is 45.8 Å². The highest BCUT2D eigenvalue weighted by atomic mass is 16.5. The SMILES string of the molecule is COCC1CC(c2ncc(-c3ccc4c(c3)COc3cc5c(ccc6[nH]c([C@@H]7CC[C@H](C)N7C(=O)[C@@H](NC(=O)OC)C(C)C)nc65)cc3-4)[nH]2)N(C(=O)C(NC(=O)OC)C2C=CC=CC2C)C1. The van der Waals surface area contributed by atoms with Gasteiger partial charge in [0.2, 0.25) is 11.8 Å². The van der Waals surface area contributed by atoms with Gasteiger partial charge in [0.25, 0.3) is 0 Å². The van der Waals surface area contributed by atoms with Gasteiger partial charge in [-0.3, -0.25) is 9.59 Å². The second-order valence-electron chi connectivity index (χ2n) is 18.4. The molecule has 4 amide bonds. The lowest BCUT2D eigenvalue weighted by Crippen LogP contribution is -2.53. The molecule has 2 saturated heterocycles. The number of benzene rings is 3. The molecule has 0 spiro atoms. The van der Waals surface area contributed by atoms with Gasteiger partial charge in [-0.1, -0.05) is 63.3 Å². The molecule has 4 aliphatic rings. The fourth-order valence-electron chi connectivity index (χ4n) is 10.4. The summed E-state index contributed by atoms with van der Waals surface area (Å²) in [6.45, 7) is 9.19. The zero-order valence-electron chi connectivity index (χ0n) is 38.4. The number of carbonyl (C=O) groups excluding carboxylic acids is 4. The second kappa shape index (κ2) is 18.3. The van der Waals surface area contributed by atoms with Crippen LogP contribution in [0.5, 0.6) is 5.75 Å². The summed E-state index contributed by atoms with van der Waals surface area (Å²) >= 11 is 0. The number of hydrogen-bond acceptors (Lipinski definition) is 10. The summed E-state index contributed by atoms with van der Waals surface area (Å²) < 4.78 is 21.8. The highest BCUT2D eigenvalue weighted by Crippen LogP contribution is 2.44. The Kier molecular flexibility index (Phi) is 12.3. The van der Waals surface area contributed by atoms with Crippen molar-refractivity contribution in [3.05, 3.63) is 90.2 Å². The second-order valence-corrected chi connectivity index (χ2v) is 18.4. The lowest BCUT2D eigenvalue weighted by Gasteiger charge is -2.34. The maximum atomic E-state index is 14.5. The Labute approximate surface area is 383 Å². The molecule has 0 saturated carbocycles. The van der Waals surface area contributed by atoms with E-state index in [1.54, 1.807) is 7.11 Å². The van der Waals surface area contributed by atoms with Crippen LogP contribution in [0.4, 0.5) is 9.59 Å². The monoisotopic (exact) mass is 898 g/mol. The molecule has 2 aromatic heterocycles. The summed E-state index contributed by atoms with van der Waals surface area (Å²) in [5.41, 5.74) is 6.48. The molecule has 0 bridgehead atoms. The van der Waals surface area contributed by atoms with Gasteiger partial charge in [-0.15, -0.1) is 0 Å². The summed E-state index contributed by atoms with van der Waals surface area (Å²) in [4.78, 5) is 74.0. The van der Waals surface area contributed by atoms with Crippen molar-refractivity contribution in [1.29, 1.82) is 0 Å². The molecule has 4 N–H and O–H groups in total. The number of likely N-dealkylation sites (tertiary alicyclic amines) is 2. The van der Waals surface area contributed by atoms with Crippen molar-refractivity contribution in [3.63, 3.8) is 0 Å². The van der Waals surface area contributed by atoms with Crippen molar-refractivity contribution in [2.24, 2.45) is 23.7 Å².